The quantitative estimate of drug-likeness (QED) is 0.370. The Morgan fingerprint density at radius 1 is 0.900 bits per heavy atom. The Balaban J connectivity index is 1.68. The van der Waals surface area contributed by atoms with Crippen LogP contribution >= 0.6 is 0 Å². The van der Waals surface area contributed by atoms with Crippen molar-refractivity contribution < 1.29 is 14.4 Å². The molecular formula is C32H37N5O3. The van der Waals surface area contributed by atoms with Crippen LogP contribution in [0.2, 0.25) is 0 Å². The highest BCUT2D eigenvalue weighted by atomic mass is 16.2. The molecule has 0 radical (unpaired) electrons. The third kappa shape index (κ3) is 6.46. The van der Waals surface area contributed by atoms with Crippen LogP contribution in [0, 0.1) is 0 Å². The lowest BCUT2D eigenvalue weighted by Crippen LogP contribution is -2.31. The molecule has 1 N–H and O–H groups in total. The number of nitrogens with zero attached hydrogens (tertiary/aromatic N) is 4. The summed E-state index contributed by atoms with van der Waals surface area (Å²) in [6.45, 7) is 5.60. The second-order valence-corrected chi connectivity index (χ2v) is 10.3. The van der Waals surface area contributed by atoms with E-state index in [1.54, 1.807) is 35.9 Å². The number of anilines is 2. The van der Waals surface area contributed by atoms with Gasteiger partial charge in [-0.25, -0.2) is 0 Å². The van der Waals surface area contributed by atoms with Crippen molar-refractivity contribution in [2.45, 2.75) is 26.2 Å². The number of hydrogen-bond donors (Lipinski definition) is 1. The van der Waals surface area contributed by atoms with Gasteiger partial charge in [0.15, 0.2) is 0 Å². The lowest BCUT2D eigenvalue weighted by atomic mass is 9.90. The Kier molecular flexibility index (Phi) is 9.11. The summed E-state index contributed by atoms with van der Waals surface area (Å²) in [7, 11) is 5.78. The molecule has 208 valence electrons. The first-order valence-corrected chi connectivity index (χ1v) is 13.6. The lowest BCUT2D eigenvalue weighted by molar-refractivity contribution is -0.117. The normalized spacial score (nSPS) is 14.6. The number of carbonyl (C=O) groups is 3. The van der Waals surface area contributed by atoms with Gasteiger partial charge in [-0.2, -0.15) is 0 Å². The molecule has 3 amide bonds. The summed E-state index contributed by atoms with van der Waals surface area (Å²) in [6.07, 6.45) is 0.864. The first-order chi connectivity index (χ1) is 19.2. The fourth-order valence-corrected chi connectivity index (χ4v) is 4.80. The molecule has 8 heteroatoms. The van der Waals surface area contributed by atoms with Crippen molar-refractivity contribution in [3.8, 4) is 0 Å². The Morgan fingerprint density at radius 3 is 2.23 bits per heavy atom. The number of carbonyl (C=O) groups excluding carboxylic acids is 3. The molecule has 3 aromatic carbocycles. The minimum atomic E-state index is -0.634. The molecule has 0 saturated carbocycles. The molecule has 1 aliphatic rings. The average molecular weight is 540 g/mol. The zero-order valence-corrected chi connectivity index (χ0v) is 23.8. The van der Waals surface area contributed by atoms with Gasteiger partial charge < -0.3 is 20.0 Å². The summed E-state index contributed by atoms with van der Waals surface area (Å²) in [5.74, 6) is -0.931. The number of hydrogen-bond acceptors (Lipinski definition) is 5. The fourth-order valence-electron chi connectivity index (χ4n) is 4.80. The highest BCUT2D eigenvalue weighted by molar-refractivity contribution is 6.24. The van der Waals surface area contributed by atoms with Crippen LogP contribution in [0.25, 0.3) is 0 Å². The Morgan fingerprint density at radius 2 is 1.60 bits per heavy atom. The van der Waals surface area contributed by atoms with Gasteiger partial charge in [0.1, 0.15) is 5.92 Å². The molecule has 0 aliphatic carbocycles. The topological polar surface area (TPSA) is 85.3 Å². The number of rotatable bonds is 10. The molecule has 0 saturated heterocycles. The SMILES string of the molecule is CCN(C)C(=O)c1ccc2c(c1)NC(=O)C2C(=Nc1ccc(N(CCCN(C)C)C(C)=O)cc1)c1ccccc1. The minimum absolute atomic E-state index is 0.0119. The van der Waals surface area contributed by atoms with Crippen LogP contribution in [0.1, 0.15) is 47.7 Å². The molecule has 0 bridgehead atoms. The predicted octanol–water partition coefficient (Wildman–Crippen LogP) is 4.94. The molecule has 0 fully saturated rings. The first-order valence-electron chi connectivity index (χ1n) is 13.6. The molecule has 40 heavy (non-hydrogen) atoms. The average Bonchev–Trinajstić information content (AvgIpc) is 3.28. The molecule has 1 heterocycles. The molecule has 0 aromatic heterocycles. The number of fused-ring (bicyclic) bond motifs is 1. The first kappa shape index (κ1) is 28.7. The van der Waals surface area contributed by atoms with Crippen LogP contribution < -0.4 is 10.2 Å². The van der Waals surface area contributed by atoms with Crippen LogP contribution in [0.5, 0.6) is 0 Å². The number of nitrogens with one attached hydrogen (secondary N) is 1. The van der Waals surface area contributed by atoms with Crippen LogP contribution in [0.15, 0.2) is 77.8 Å². The van der Waals surface area contributed by atoms with E-state index < -0.39 is 5.92 Å². The maximum Gasteiger partial charge on any atom is 0.253 e. The van der Waals surface area contributed by atoms with Gasteiger partial charge in [0.05, 0.1) is 11.4 Å². The summed E-state index contributed by atoms with van der Waals surface area (Å²) in [5.41, 5.74) is 4.87. The van der Waals surface area contributed by atoms with Gasteiger partial charge in [0.2, 0.25) is 11.8 Å². The smallest absolute Gasteiger partial charge is 0.253 e. The number of benzene rings is 3. The summed E-state index contributed by atoms with van der Waals surface area (Å²) in [5, 5.41) is 2.96. The van der Waals surface area contributed by atoms with Crippen molar-refractivity contribution in [1.82, 2.24) is 9.80 Å². The summed E-state index contributed by atoms with van der Waals surface area (Å²) < 4.78 is 0. The van der Waals surface area contributed by atoms with E-state index in [0.29, 0.717) is 35.7 Å². The molecule has 0 spiro atoms. The number of aliphatic imine (C=N–C) groups is 1. The molecule has 1 atom stereocenters. The fraction of sp³-hybridized carbons (Fsp3) is 0.312. The molecule has 4 rings (SSSR count). The van der Waals surface area contributed by atoms with Gasteiger partial charge in [0.25, 0.3) is 5.91 Å². The largest absolute Gasteiger partial charge is 0.342 e. The standard InChI is InChI=1S/C32H37N5O3/c1-6-36(5)32(40)24-13-18-27-28(21-24)34-31(39)29(27)30(23-11-8-7-9-12-23)33-25-14-16-26(17-15-25)37(22(2)38)20-10-19-35(3)4/h7-9,11-18,21,29H,6,10,19-20H2,1-5H3,(H,34,39). The predicted molar refractivity (Wildman–Crippen MR) is 161 cm³/mol. The minimum Gasteiger partial charge on any atom is -0.342 e. The van der Waals surface area contributed by atoms with E-state index in [1.165, 1.54) is 0 Å². The molecule has 3 aromatic rings. The molecule has 1 unspecified atom stereocenters. The van der Waals surface area contributed by atoms with Crippen molar-refractivity contribution in [1.29, 1.82) is 0 Å². The van der Waals surface area contributed by atoms with E-state index in [2.05, 4.69) is 10.2 Å². The van der Waals surface area contributed by atoms with Crippen molar-refractivity contribution in [2.75, 3.05) is 51.0 Å². The van der Waals surface area contributed by atoms with Gasteiger partial charge in [-0.15, -0.1) is 0 Å². The van der Waals surface area contributed by atoms with Crippen molar-refractivity contribution >= 4 is 40.5 Å². The lowest BCUT2D eigenvalue weighted by Gasteiger charge is -2.22. The Hall–Kier alpha value is -4.30. The maximum atomic E-state index is 13.3. The Labute approximate surface area is 236 Å². The summed E-state index contributed by atoms with van der Waals surface area (Å²) in [6, 6.07) is 22.5. The van der Waals surface area contributed by atoms with E-state index in [0.717, 1.165) is 29.8 Å². The van der Waals surface area contributed by atoms with Crippen LogP contribution in [-0.4, -0.2) is 74.0 Å². The van der Waals surface area contributed by atoms with Crippen molar-refractivity contribution in [2.24, 2.45) is 4.99 Å². The van der Waals surface area contributed by atoms with E-state index in [1.807, 2.05) is 81.7 Å². The van der Waals surface area contributed by atoms with Gasteiger partial charge >= 0.3 is 0 Å². The van der Waals surface area contributed by atoms with Crippen LogP contribution in [0.4, 0.5) is 17.1 Å². The highest BCUT2D eigenvalue weighted by Gasteiger charge is 2.36. The van der Waals surface area contributed by atoms with E-state index in [4.69, 9.17) is 4.99 Å². The van der Waals surface area contributed by atoms with Gasteiger partial charge in [-0.3, -0.25) is 19.4 Å². The summed E-state index contributed by atoms with van der Waals surface area (Å²) in [4.78, 5) is 48.8. The van der Waals surface area contributed by atoms with Gasteiger partial charge in [-0.1, -0.05) is 36.4 Å². The zero-order chi connectivity index (χ0) is 28.8. The maximum absolute atomic E-state index is 13.3. The monoisotopic (exact) mass is 539 g/mol. The zero-order valence-electron chi connectivity index (χ0n) is 23.8. The molecule has 1 aliphatic heterocycles. The Bertz CT molecular complexity index is 1400. The van der Waals surface area contributed by atoms with Crippen molar-refractivity contribution in [3.05, 3.63) is 89.5 Å². The van der Waals surface area contributed by atoms with Crippen LogP contribution in [-0.2, 0) is 9.59 Å². The van der Waals surface area contributed by atoms with Gasteiger partial charge in [0, 0.05) is 44.0 Å². The number of amides is 3. The molecular weight excluding hydrogens is 502 g/mol. The second kappa shape index (κ2) is 12.7. The van der Waals surface area contributed by atoms with E-state index in [-0.39, 0.29) is 17.7 Å². The van der Waals surface area contributed by atoms with Crippen LogP contribution in [0.3, 0.4) is 0 Å². The third-order valence-electron chi connectivity index (χ3n) is 7.07. The van der Waals surface area contributed by atoms with Crippen molar-refractivity contribution in [3.63, 3.8) is 0 Å². The third-order valence-corrected chi connectivity index (χ3v) is 7.07. The van der Waals surface area contributed by atoms with E-state index in [9.17, 15) is 14.4 Å². The summed E-state index contributed by atoms with van der Waals surface area (Å²) >= 11 is 0. The molecule has 8 nitrogen and oxygen atoms in total. The highest BCUT2D eigenvalue weighted by Crippen LogP contribution is 2.37. The van der Waals surface area contributed by atoms with E-state index >= 15 is 0 Å². The second-order valence-electron chi connectivity index (χ2n) is 10.3. The van der Waals surface area contributed by atoms with Gasteiger partial charge in [-0.05, 0) is 81.5 Å².